The summed E-state index contributed by atoms with van der Waals surface area (Å²) in [6, 6.07) is 9.07. The molecule has 1 aliphatic heterocycles. The molecular weight excluding hydrogens is 352 g/mol. The Balaban J connectivity index is 1.64. The number of pyridine rings is 1. The lowest BCUT2D eigenvalue weighted by atomic mass is 9.64. The average molecular weight is 380 g/mol. The van der Waals surface area contributed by atoms with Gasteiger partial charge in [-0.25, -0.2) is 0 Å². The standard InChI is InChI=1S/C23H28N2O3/c1-14-7-9-18-17(12-14)20-19(28-23(18,2)3)10-8-16(21(20)26)22(27)25-13-15-6-4-5-11-24-15/h4-6,8,10-11,14,17-18,26H,7,9,12-13H2,1-3H3,(H,25,27)/t14-,17-,18-/m1/s1. The highest BCUT2D eigenvalue weighted by Gasteiger charge is 2.47. The van der Waals surface area contributed by atoms with Gasteiger partial charge >= 0.3 is 0 Å². The fourth-order valence-corrected chi connectivity index (χ4v) is 4.88. The number of amides is 1. The van der Waals surface area contributed by atoms with Crippen molar-refractivity contribution in [3.05, 3.63) is 53.3 Å². The van der Waals surface area contributed by atoms with Crippen LogP contribution < -0.4 is 10.1 Å². The van der Waals surface area contributed by atoms with E-state index in [2.05, 4.69) is 31.1 Å². The van der Waals surface area contributed by atoms with Crippen LogP contribution in [-0.2, 0) is 6.54 Å². The largest absolute Gasteiger partial charge is 0.507 e. The minimum Gasteiger partial charge on any atom is -0.507 e. The van der Waals surface area contributed by atoms with E-state index >= 15 is 0 Å². The van der Waals surface area contributed by atoms with E-state index in [9.17, 15) is 9.90 Å². The number of aromatic hydroxyl groups is 1. The number of nitrogens with zero attached hydrogens (tertiary/aromatic N) is 1. The number of hydrogen-bond donors (Lipinski definition) is 2. The Bertz CT molecular complexity index is 879. The number of nitrogens with one attached hydrogen (secondary N) is 1. The summed E-state index contributed by atoms with van der Waals surface area (Å²) in [5.41, 5.74) is 1.61. The van der Waals surface area contributed by atoms with Crippen LogP contribution in [-0.4, -0.2) is 21.6 Å². The highest BCUT2D eigenvalue weighted by molar-refractivity contribution is 5.97. The molecule has 2 heterocycles. The van der Waals surface area contributed by atoms with E-state index in [0.717, 1.165) is 24.1 Å². The predicted molar refractivity (Wildman–Crippen MR) is 107 cm³/mol. The first-order chi connectivity index (χ1) is 13.4. The van der Waals surface area contributed by atoms with Gasteiger partial charge in [0.25, 0.3) is 5.91 Å². The number of carbonyl (C=O) groups is 1. The second-order valence-corrected chi connectivity index (χ2v) is 8.71. The molecule has 1 aliphatic carbocycles. The van der Waals surface area contributed by atoms with Gasteiger partial charge in [0.1, 0.15) is 17.1 Å². The van der Waals surface area contributed by atoms with E-state index in [0.29, 0.717) is 29.7 Å². The molecule has 148 valence electrons. The first-order valence-electron chi connectivity index (χ1n) is 10.1. The van der Waals surface area contributed by atoms with E-state index in [-0.39, 0.29) is 23.2 Å². The minimum absolute atomic E-state index is 0.0654. The summed E-state index contributed by atoms with van der Waals surface area (Å²) in [5, 5.41) is 13.9. The van der Waals surface area contributed by atoms with Gasteiger partial charge in [-0.05, 0) is 62.8 Å². The topological polar surface area (TPSA) is 71.5 Å². The van der Waals surface area contributed by atoms with E-state index < -0.39 is 0 Å². The molecule has 0 saturated heterocycles. The molecule has 0 unspecified atom stereocenters. The van der Waals surface area contributed by atoms with Gasteiger partial charge in [-0.1, -0.05) is 19.4 Å². The van der Waals surface area contributed by atoms with Crippen molar-refractivity contribution in [3.8, 4) is 11.5 Å². The van der Waals surface area contributed by atoms with Crippen molar-refractivity contribution in [1.29, 1.82) is 0 Å². The maximum atomic E-state index is 12.7. The Kier molecular flexibility index (Phi) is 4.77. The van der Waals surface area contributed by atoms with Gasteiger partial charge in [0.2, 0.25) is 0 Å². The number of hydrogen-bond acceptors (Lipinski definition) is 4. The monoisotopic (exact) mass is 380 g/mol. The van der Waals surface area contributed by atoms with Crippen molar-refractivity contribution in [2.75, 3.05) is 0 Å². The van der Waals surface area contributed by atoms with Gasteiger partial charge in [0, 0.05) is 17.7 Å². The SMILES string of the molecule is C[C@@H]1CC[C@@H]2[C@@H](C1)c1c(ccc(C(=O)NCc3ccccn3)c1O)OC2(C)C. The van der Waals surface area contributed by atoms with Crippen molar-refractivity contribution in [1.82, 2.24) is 10.3 Å². The number of fused-ring (bicyclic) bond motifs is 3. The molecule has 3 atom stereocenters. The van der Waals surface area contributed by atoms with Crippen LogP contribution in [0.1, 0.15) is 67.6 Å². The lowest BCUT2D eigenvalue weighted by Gasteiger charge is -2.48. The molecule has 4 rings (SSSR count). The van der Waals surface area contributed by atoms with Crippen molar-refractivity contribution in [2.24, 2.45) is 11.8 Å². The van der Waals surface area contributed by atoms with Crippen molar-refractivity contribution in [3.63, 3.8) is 0 Å². The molecule has 5 heteroatoms. The van der Waals surface area contributed by atoms with Crippen LogP contribution in [0.3, 0.4) is 0 Å². The third kappa shape index (κ3) is 3.34. The van der Waals surface area contributed by atoms with Crippen LogP contribution in [0, 0.1) is 11.8 Å². The molecule has 28 heavy (non-hydrogen) atoms. The van der Waals surface area contributed by atoms with Crippen LogP contribution in [0.25, 0.3) is 0 Å². The zero-order valence-corrected chi connectivity index (χ0v) is 16.7. The number of benzene rings is 1. The number of aromatic nitrogens is 1. The summed E-state index contributed by atoms with van der Waals surface area (Å²) in [6.07, 6.45) is 4.96. The fourth-order valence-electron chi connectivity index (χ4n) is 4.88. The van der Waals surface area contributed by atoms with Gasteiger partial charge in [0.05, 0.1) is 17.8 Å². The highest BCUT2D eigenvalue weighted by Crippen LogP contribution is 2.55. The molecule has 1 fully saturated rings. The number of carbonyl (C=O) groups excluding carboxylic acids is 1. The van der Waals surface area contributed by atoms with Gasteiger partial charge < -0.3 is 15.2 Å². The Hall–Kier alpha value is -2.56. The molecule has 2 aromatic rings. The van der Waals surface area contributed by atoms with Gasteiger partial charge in [-0.15, -0.1) is 0 Å². The number of phenolic OH excluding ortho intramolecular Hbond substituents is 1. The van der Waals surface area contributed by atoms with Gasteiger partial charge in [0.15, 0.2) is 0 Å². The summed E-state index contributed by atoms with van der Waals surface area (Å²) in [5.74, 6) is 1.63. The summed E-state index contributed by atoms with van der Waals surface area (Å²) < 4.78 is 6.27. The third-order valence-corrected chi connectivity index (χ3v) is 6.33. The van der Waals surface area contributed by atoms with Crippen LogP contribution >= 0.6 is 0 Å². The second kappa shape index (κ2) is 7.12. The number of rotatable bonds is 3. The predicted octanol–water partition coefficient (Wildman–Crippen LogP) is 4.41. The molecule has 1 aromatic heterocycles. The summed E-state index contributed by atoms with van der Waals surface area (Å²) in [6.45, 7) is 6.85. The third-order valence-electron chi connectivity index (χ3n) is 6.33. The molecule has 1 saturated carbocycles. The molecule has 2 N–H and O–H groups in total. The Morgan fingerprint density at radius 2 is 2.11 bits per heavy atom. The minimum atomic E-state index is -0.295. The molecule has 0 radical (unpaired) electrons. The lowest BCUT2D eigenvalue weighted by Crippen LogP contribution is -2.46. The molecule has 2 aliphatic rings. The van der Waals surface area contributed by atoms with E-state index in [4.69, 9.17) is 4.74 Å². The van der Waals surface area contributed by atoms with E-state index in [1.807, 2.05) is 24.3 Å². The maximum absolute atomic E-state index is 12.7. The molecule has 5 nitrogen and oxygen atoms in total. The quantitative estimate of drug-likeness (QED) is 0.827. The van der Waals surface area contributed by atoms with Crippen molar-refractivity contribution < 1.29 is 14.6 Å². The summed E-state index contributed by atoms with van der Waals surface area (Å²) >= 11 is 0. The molecule has 0 spiro atoms. The lowest BCUT2D eigenvalue weighted by molar-refractivity contribution is -0.0145. The van der Waals surface area contributed by atoms with Crippen LogP contribution in [0.5, 0.6) is 11.5 Å². The fraction of sp³-hybridized carbons (Fsp3) is 0.478. The molecule has 0 bridgehead atoms. The summed E-state index contributed by atoms with van der Waals surface area (Å²) in [7, 11) is 0. The summed E-state index contributed by atoms with van der Waals surface area (Å²) in [4.78, 5) is 17.0. The normalized spacial score (nSPS) is 25.2. The van der Waals surface area contributed by atoms with Crippen molar-refractivity contribution in [2.45, 2.75) is 58.1 Å². The Morgan fingerprint density at radius 1 is 1.29 bits per heavy atom. The van der Waals surface area contributed by atoms with Crippen molar-refractivity contribution >= 4 is 5.91 Å². The molecule has 1 aromatic carbocycles. The number of ether oxygens (including phenoxy) is 1. The van der Waals surface area contributed by atoms with Crippen LogP contribution in [0.15, 0.2) is 36.5 Å². The van der Waals surface area contributed by atoms with Gasteiger partial charge in [-0.3, -0.25) is 9.78 Å². The maximum Gasteiger partial charge on any atom is 0.255 e. The highest BCUT2D eigenvalue weighted by atomic mass is 16.5. The number of phenols is 1. The first kappa shape index (κ1) is 18.8. The van der Waals surface area contributed by atoms with E-state index in [1.54, 1.807) is 12.3 Å². The zero-order valence-electron chi connectivity index (χ0n) is 16.7. The molecule has 1 amide bonds. The Labute approximate surface area is 166 Å². The van der Waals surface area contributed by atoms with Crippen LogP contribution in [0.4, 0.5) is 0 Å². The average Bonchev–Trinajstić information content (AvgIpc) is 2.66. The second-order valence-electron chi connectivity index (χ2n) is 8.71. The Morgan fingerprint density at radius 3 is 2.86 bits per heavy atom. The molecular formula is C23H28N2O3. The first-order valence-corrected chi connectivity index (χ1v) is 10.1. The smallest absolute Gasteiger partial charge is 0.255 e. The van der Waals surface area contributed by atoms with E-state index in [1.165, 1.54) is 6.42 Å². The van der Waals surface area contributed by atoms with Crippen LogP contribution in [0.2, 0.25) is 0 Å². The zero-order chi connectivity index (χ0) is 19.9. The van der Waals surface area contributed by atoms with Gasteiger partial charge in [-0.2, -0.15) is 0 Å².